The molecule has 0 radical (unpaired) electrons. The van der Waals surface area contributed by atoms with Crippen molar-refractivity contribution in [2.24, 2.45) is 11.7 Å². The summed E-state index contributed by atoms with van der Waals surface area (Å²) in [5.74, 6) is 0.204. The monoisotopic (exact) mass is 359 g/mol. The van der Waals surface area contributed by atoms with Crippen LogP contribution in [0.4, 0.5) is 5.00 Å². The molecule has 0 bridgehead atoms. The van der Waals surface area contributed by atoms with E-state index in [1.165, 1.54) is 16.9 Å². The first kappa shape index (κ1) is 19.1. The zero-order valence-electron chi connectivity index (χ0n) is 14.8. The number of anilines is 1. The van der Waals surface area contributed by atoms with E-state index in [0.717, 1.165) is 0 Å². The highest BCUT2D eigenvalue weighted by Crippen LogP contribution is 2.24. The predicted molar refractivity (Wildman–Crippen MR) is 103 cm³/mol. The van der Waals surface area contributed by atoms with Crippen LogP contribution in [0, 0.1) is 5.92 Å². The van der Waals surface area contributed by atoms with E-state index >= 15 is 0 Å². The Bertz CT molecular complexity index is 723. The van der Waals surface area contributed by atoms with Gasteiger partial charge in [0.05, 0.1) is 5.56 Å². The number of nitrogens with two attached hydrogens (primary N) is 1. The van der Waals surface area contributed by atoms with Crippen LogP contribution in [0.2, 0.25) is 0 Å². The molecule has 2 amide bonds. The number of rotatable bonds is 7. The second-order valence-corrected chi connectivity index (χ2v) is 7.36. The molecule has 1 aromatic carbocycles. The standard InChI is InChI=1S/C19H25N3O2S/c1-12(2)14-4-6-15(7-5-14)17(23)22-19-16(8-9-25-19)18(24)21-11-13(3)10-20/h4-9,12-13H,10-11,20H2,1-3H3,(H,21,24)(H,22,23). The summed E-state index contributed by atoms with van der Waals surface area (Å²) in [6.45, 7) is 7.21. The molecule has 0 saturated carbocycles. The maximum atomic E-state index is 12.4. The summed E-state index contributed by atoms with van der Waals surface area (Å²) in [6, 6.07) is 9.23. The van der Waals surface area contributed by atoms with Crippen molar-refractivity contribution in [2.45, 2.75) is 26.7 Å². The maximum absolute atomic E-state index is 12.4. The first-order chi connectivity index (χ1) is 11.9. The van der Waals surface area contributed by atoms with Crippen molar-refractivity contribution in [3.05, 3.63) is 52.4 Å². The molecule has 0 aliphatic carbocycles. The van der Waals surface area contributed by atoms with Gasteiger partial charge in [-0.2, -0.15) is 0 Å². The van der Waals surface area contributed by atoms with Crippen LogP contribution in [-0.2, 0) is 0 Å². The Hall–Kier alpha value is -2.18. The van der Waals surface area contributed by atoms with E-state index in [0.29, 0.717) is 35.1 Å². The lowest BCUT2D eigenvalue weighted by atomic mass is 10.0. The molecular formula is C19H25N3O2S. The quantitative estimate of drug-likeness (QED) is 0.708. The van der Waals surface area contributed by atoms with Gasteiger partial charge in [-0.15, -0.1) is 11.3 Å². The van der Waals surface area contributed by atoms with Crippen LogP contribution >= 0.6 is 11.3 Å². The second-order valence-electron chi connectivity index (χ2n) is 6.45. The summed E-state index contributed by atoms with van der Waals surface area (Å²) >= 11 is 1.33. The van der Waals surface area contributed by atoms with Gasteiger partial charge < -0.3 is 16.4 Å². The molecule has 4 N–H and O–H groups in total. The Morgan fingerprint density at radius 2 is 1.76 bits per heavy atom. The van der Waals surface area contributed by atoms with Crippen LogP contribution in [0.1, 0.15) is 53.0 Å². The lowest BCUT2D eigenvalue weighted by Crippen LogP contribution is -2.31. The van der Waals surface area contributed by atoms with Crippen LogP contribution in [0.5, 0.6) is 0 Å². The Labute approximate surface area is 152 Å². The molecule has 0 fully saturated rings. The second kappa shape index (κ2) is 8.78. The van der Waals surface area contributed by atoms with Crippen molar-refractivity contribution in [3.8, 4) is 0 Å². The van der Waals surface area contributed by atoms with E-state index in [2.05, 4.69) is 24.5 Å². The summed E-state index contributed by atoms with van der Waals surface area (Å²) in [4.78, 5) is 24.7. The molecule has 1 unspecified atom stereocenters. The van der Waals surface area contributed by atoms with Gasteiger partial charge >= 0.3 is 0 Å². The molecule has 134 valence electrons. The molecule has 2 rings (SSSR count). The summed E-state index contributed by atoms with van der Waals surface area (Å²) < 4.78 is 0. The van der Waals surface area contributed by atoms with E-state index in [1.54, 1.807) is 23.6 Å². The van der Waals surface area contributed by atoms with Gasteiger partial charge in [0.15, 0.2) is 0 Å². The highest BCUT2D eigenvalue weighted by Gasteiger charge is 2.16. The first-order valence-corrected chi connectivity index (χ1v) is 9.27. The lowest BCUT2D eigenvalue weighted by molar-refractivity contribution is 0.0950. The molecule has 25 heavy (non-hydrogen) atoms. The summed E-state index contributed by atoms with van der Waals surface area (Å²) in [6.07, 6.45) is 0. The molecule has 1 atom stereocenters. The fraction of sp³-hybridized carbons (Fsp3) is 0.368. The normalized spacial score (nSPS) is 12.0. The Morgan fingerprint density at radius 3 is 2.36 bits per heavy atom. The topological polar surface area (TPSA) is 84.2 Å². The van der Waals surface area contributed by atoms with Crippen LogP contribution in [0.3, 0.4) is 0 Å². The Balaban J connectivity index is 2.04. The molecule has 1 aromatic heterocycles. The van der Waals surface area contributed by atoms with E-state index in [1.807, 2.05) is 19.1 Å². The van der Waals surface area contributed by atoms with Crippen molar-refractivity contribution in [1.29, 1.82) is 0 Å². The number of carbonyl (C=O) groups is 2. The molecule has 0 aliphatic rings. The van der Waals surface area contributed by atoms with Crippen LogP contribution in [0.15, 0.2) is 35.7 Å². The van der Waals surface area contributed by atoms with E-state index < -0.39 is 0 Å². The van der Waals surface area contributed by atoms with Gasteiger partial charge in [0.25, 0.3) is 11.8 Å². The van der Waals surface area contributed by atoms with Gasteiger partial charge in [0.1, 0.15) is 5.00 Å². The van der Waals surface area contributed by atoms with Crippen molar-refractivity contribution in [2.75, 3.05) is 18.4 Å². The van der Waals surface area contributed by atoms with E-state index in [4.69, 9.17) is 5.73 Å². The number of thiophene rings is 1. The van der Waals surface area contributed by atoms with E-state index in [-0.39, 0.29) is 17.7 Å². The summed E-state index contributed by atoms with van der Waals surface area (Å²) in [5.41, 5.74) is 7.79. The zero-order chi connectivity index (χ0) is 18.4. The minimum absolute atomic E-state index is 0.202. The van der Waals surface area contributed by atoms with Gasteiger partial charge in [-0.05, 0) is 47.5 Å². The number of amides is 2. The van der Waals surface area contributed by atoms with Gasteiger partial charge in [0, 0.05) is 12.1 Å². The smallest absolute Gasteiger partial charge is 0.256 e. The lowest BCUT2D eigenvalue weighted by Gasteiger charge is -2.11. The molecule has 0 spiro atoms. The predicted octanol–water partition coefficient (Wildman–Crippen LogP) is 3.45. The number of benzene rings is 1. The largest absolute Gasteiger partial charge is 0.352 e. The first-order valence-electron chi connectivity index (χ1n) is 8.39. The highest BCUT2D eigenvalue weighted by molar-refractivity contribution is 7.14. The number of carbonyl (C=O) groups excluding carboxylic acids is 2. The van der Waals surface area contributed by atoms with Gasteiger partial charge in [-0.3, -0.25) is 9.59 Å². The van der Waals surface area contributed by atoms with Gasteiger partial charge in [-0.25, -0.2) is 0 Å². The van der Waals surface area contributed by atoms with Gasteiger partial charge in [-0.1, -0.05) is 32.9 Å². The fourth-order valence-corrected chi connectivity index (χ4v) is 3.00. The van der Waals surface area contributed by atoms with Gasteiger partial charge in [0.2, 0.25) is 0 Å². The van der Waals surface area contributed by atoms with Crippen LogP contribution in [-0.4, -0.2) is 24.9 Å². The van der Waals surface area contributed by atoms with Crippen molar-refractivity contribution in [3.63, 3.8) is 0 Å². The summed E-state index contributed by atoms with van der Waals surface area (Å²) in [5, 5.41) is 8.02. The molecule has 0 aliphatic heterocycles. The third-order valence-corrected chi connectivity index (χ3v) is 4.82. The number of nitrogens with one attached hydrogen (secondary N) is 2. The zero-order valence-corrected chi connectivity index (χ0v) is 15.7. The molecule has 0 saturated heterocycles. The van der Waals surface area contributed by atoms with Crippen molar-refractivity contribution in [1.82, 2.24) is 5.32 Å². The van der Waals surface area contributed by atoms with Crippen molar-refractivity contribution >= 4 is 28.2 Å². The third-order valence-electron chi connectivity index (χ3n) is 3.99. The average molecular weight is 359 g/mol. The minimum atomic E-state index is -0.220. The molecule has 2 aromatic rings. The number of hydrogen-bond acceptors (Lipinski definition) is 4. The molecule has 1 heterocycles. The molecule has 5 nitrogen and oxygen atoms in total. The molecule has 6 heteroatoms. The van der Waals surface area contributed by atoms with Crippen molar-refractivity contribution < 1.29 is 9.59 Å². The average Bonchev–Trinajstić information content (AvgIpc) is 3.07. The van der Waals surface area contributed by atoms with Crippen LogP contribution in [0.25, 0.3) is 0 Å². The SMILES string of the molecule is CC(CN)CNC(=O)c1ccsc1NC(=O)c1ccc(C(C)C)cc1. The van der Waals surface area contributed by atoms with E-state index in [9.17, 15) is 9.59 Å². The Morgan fingerprint density at radius 1 is 1.08 bits per heavy atom. The number of hydrogen-bond donors (Lipinski definition) is 3. The summed E-state index contributed by atoms with van der Waals surface area (Å²) in [7, 11) is 0. The highest BCUT2D eigenvalue weighted by atomic mass is 32.1. The molecular weight excluding hydrogens is 334 g/mol. The fourth-order valence-electron chi connectivity index (χ4n) is 2.23. The van der Waals surface area contributed by atoms with Crippen LogP contribution < -0.4 is 16.4 Å². The Kier molecular flexibility index (Phi) is 6.73. The maximum Gasteiger partial charge on any atom is 0.256 e. The minimum Gasteiger partial charge on any atom is -0.352 e. The third kappa shape index (κ3) is 5.14.